The molecule has 0 atom stereocenters. The Morgan fingerprint density at radius 2 is 2.38 bits per heavy atom. The van der Waals surface area contributed by atoms with E-state index in [1.807, 2.05) is 12.1 Å². The van der Waals surface area contributed by atoms with Crippen LogP contribution in [0.3, 0.4) is 0 Å². The average molecular weight is 240 g/mol. The minimum absolute atomic E-state index is 0.175. The Hall–Kier alpha value is -0.870. The van der Waals surface area contributed by atoms with Crippen LogP contribution in [0.1, 0.15) is 25.5 Å². The first-order valence-electron chi connectivity index (χ1n) is 5.27. The highest BCUT2D eigenvalue weighted by Crippen LogP contribution is 2.27. The van der Waals surface area contributed by atoms with Crippen molar-refractivity contribution in [3.8, 4) is 0 Å². The van der Waals surface area contributed by atoms with Gasteiger partial charge in [0, 0.05) is 23.4 Å². The first-order chi connectivity index (χ1) is 7.65. The molecule has 1 rings (SSSR count). The summed E-state index contributed by atoms with van der Waals surface area (Å²) in [5.41, 5.74) is 6.26. The van der Waals surface area contributed by atoms with Crippen LogP contribution in [0.15, 0.2) is 35.1 Å². The Balaban J connectivity index is 2.70. The molecule has 0 saturated carbocycles. The van der Waals surface area contributed by atoms with Crippen molar-refractivity contribution in [3.05, 3.63) is 35.9 Å². The van der Waals surface area contributed by atoms with E-state index < -0.39 is 0 Å². The minimum atomic E-state index is -0.175. The van der Waals surface area contributed by atoms with Gasteiger partial charge in [0.05, 0.1) is 5.69 Å². The van der Waals surface area contributed by atoms with Crippen molar-refractivity contribution >= 4 is 11.8 Å². The largest absolute Gasteiger partial charge is 0.327 e. The molecule has 0 bridgehead atoms. The molecule has 0 aromatic carbocycles. The van der Waals surface area contributed by atoms with Crippen LogP contribution in [0.25, 0.3) is 0 Å². The summed E-state index contributed by atoms with van der Waals surface area (Å²) < 4.78 is 13.2. The van der Waals surface area contributed by atoms with E-state index in [0.717, 1.165) is 10.6 Å². The summed E-state index contributed by atoms with van der Waals surface area (Å²) in [5.74, 6) is 0.499. The summed E-state index contributed by atoms with van der Waals surface area (Å²) >= 11 is 1.46. The van der Waals surface area contributed by atoms with Gasteiger partial charge < -0.3 is 5.73 Å². The van der Waals surface area contributed by atoms with Crippen LogP contribution in [0.4, 0.5) is 4.39 Å². The molecule has 16 heavy (non-hydrogen) atoms. The third-order valence-electron chi connectivity index (χ3n) is 2.05. The van der Waals surface area contributed by atoms with Crippen molar-refractivity contribution < 1.29 is 4.39 Å². The molecule has 0 amide bonds. The zero-order valence-corrected chi connectivity index (χ0v) is 10.4. The molecule has 4 heteroatoms. The van der Waals surface area contributed by atoms with E-state index in [2.05, 4.69) is 18.8 Å². The lowest BCUT2D eigenvalue weighted by Crippen LogP contribution is -1.97. The van der Waals surface area contributed by atoms with E-state index in [1.54, 1.807) is 6.20 Å². The number of hydrogen-bond acceptors (Lipinski definition) is 3. The van der Waals surface area contributed by atoms with Gasteiger partial charge in [-0.3, -0.25) is 4.98 Å². The van der Waals surface area contributed by atoms with Gasteiger partial charge in [-0.15, -0.1) is 11.8 Å². The van der Waals surface area contributed by atoms with Crippen molar-refractivity contribution in [2.45, 2.75) is 24.7 Å². The molecule has 2 nitrogen and oxygen atoms in total. The number of hydrogen-bond donors (Lipinski definition) is 1. The first-order valence-corrected chi connectivity index (χ1v) is 6.26. The zero-order valence-electron chi connectivity index (χ0n) is 9.61. The van der Waals surface area contributed by atoms with Crippen LogP contribution in [0.2, 0.25) is 0 Å². The number of rotatable bonds is 5. The maximum absolute atomic E-state index is 13.2. The topological polar surface area (TPSA) is 38.9 Å². The number of nitrogens with zero attached hydrogens (tertiary/aromatic N) is 1. The molecule has 2 N–H and O–H groups in total. The Kier molecular flexibility index (Phi) is 5.49. The van der Waals surface area contributed by atoms with Crippen LogP contribution < -0.4 is 5.73 Å². The first kappa shape index (κ1) is 13.2. The molecule has 0 saturated heterocycles. The van der Waals surface area contributed by atoms with Gasteiger partial charge in [-0.2, -0.15) is 0 Å². The summed E-state index contributed by atoms with van der Waals surface area (Å²) in [6.07, 6.45) is 3.17. The van der Waals surface area contributed by atoms with Crippen molar-refractivity contribution in [1.82, 2.24) is 4.98 Å². The summed E-state index contributed by atoms with van der Waals surface area (Å²) in [4.78, 5) is 5.35. The third-order valence-corrected chi connectivity index (χ3v) is 3.13. The molecule has 0 aliphatic carbocycles. The minimum Gasteiger partial charge on any atom is -0.327 e. The fraction of sp³-hybridized carbons (Fsp3) is 0.417. The molecule has 0 radical (unpaired) electrons. The second-order valence-corrected chi connectivity index (χ2v) is 4.73. The summed E-state index contributed by atoms with van der Waals surface area (Å²) in [6, 6.07) is 3.85. The third kappa shape index (κ3) is 3.94. The molecule has 0 aliphatic rings. The molecule has 0 spiro atoms. The van der Waals surface area contributed by atoms with Crippen molar-refractivity contribution in [1.29, 1.82) is 0 Å². The smallest absolute Gasteiger partial charge is 0.107 e. The lowest BCUT2D eigenvalue weighted by atomic mass is 10.1. The van der Waals surface area contributed by atoms with Crippen LogP contribution in [0, 0.1) is 0 Å². The lowest BCUT2D eigenvalue weighted by molar-refractivity contribution is 0.640. The van der Waals surface area contributed by atoms with Crippen LogP contribution in [-0.4, -0.2) is 17.3 Å². The van der Waals surface area contributed by atoms with Crippen molar-refractivity contribution in [3.63, 3.8) is 0 Å². The highest BCUT2D eigenvalue weighted by Gasteiger charge is 2.08. The molecule has 0 unspecified atom stereocenters. The molecular weight excluding hydrogens is 223 g/mol. The Morgan fingerprint density at radius 3 is 3.00 bits per heavy atom. The predicted molar refractivity (Wildman–Crippen MR) is 67.3 cm³/mol. The molecule has 1 heterocycles. The Morgan fingerprint density at radius 1 is 1.62 bits per heavy atom. The van der Waals surface area contributed by atoms with Gasteiger partial charge in [0.1, 0.15) is 5.83 Å². The van der Waals surface area contributed by atoms with Gasteiger partial charge in [0.2, 0.25) is 0 Å². The van der Waals surface area contributed by atoms with Crippen LogP contribution in [-0.2, 0) is 0 Å². The lowest BCUT2D eigenvalue weighted by Gasteiger charge is -2.09. The number of aromatic nitrogens is 1. The fourth-order valence-corrected chi connectivity index (χ4v) is 2.31. The van der Waals surface area contributed by atoms with Crippen molar-refractivity contribution in [2.75, 3.05) is 12.3 Å². The summed E-state index contributed by atoms with van der Waals surface area (Å²) in [5, 5.41) is 0. The maximum Gasteiger partial charge on any atom is 0.107 e. The fourth-order valence-electron chi connectivity index (χ4n) is 1.29. The van der Waals surface area contributed by atoms with E-state index in [0.29, 0.717) is 11.7 Å². The normalized spacial score (nSPS) is 12.2. The maximum atomic E-state index is 13.2. The van der Waals surface area contributed by atoms with E-state index in [1.165, 1.54) is 17.8 Å². The summed E-state index contributed by atoms with van der Waals surface area (Å²) in [7, 11) is 0. The van der Waals surface area contributed by atoms with Gasteiger partial charge in [0.25, 0.3) is 0 Å². The zero-order chi connectivity index (χ0) is 12.0. The quantitative estimate of drug-likeness (QED) is 0.804. The number of thioether (sulfide) groups is 1. The van der Waals surface area contributed by atoms with Gasteiger partial charge in [-0.05, 0) is 24.1 Å². The number of pyridine rings is 1. The average Bonchev–Trinajstić information content (AvgIpc) is 2.27. The van der Waals surface area contributed by atoms with Gasteiger partial charge in [-0.25, -0.2) is 4.39 Å². The molecule has 0 fully saturated rings. The standard InChI is InChI=1S/C12H17FN2S/c1-9(2)12-11(4-3-7-15-12)16-8-10(13)5-6-14/h3-5,7,9H,6,8,14H2,1-2H3/b10-5-. The van der Waals surface area contributed by atoms with E-state index in [-0.39, 0.29) is 12.4 Å². The molecule has 1 aromatic rings. The van der Waals surface area contributed by atoms with Gasteiger partial charge in [0.15, 0.2) is 0 Å². The van der Waals surface area contributed by atoms with E-state index in [9.17, 15) is 4.39 Å². The molecular formula is C12H17FN2S. The highest BCUT2D eigenvalue weighted by molar-refractivity contribution is 7.99. The van der Waals surface area contributed by atoms with Crippen LogP contribution in [0.5, 0.6) is 0 Å². The molecule has 88 valence electrons. The number of halogens is 1. The second kappa shape index (κ2) is 6.66. The second-order valence-electron chi connectivity index (χ2n) is 3.72. The number of nitrogens with two attached hydrogens (primary N) is 1. The van der Waals surface area contributed by atoms with Gasteiger partial charge >= 0.3 is 0 Å². The molecule has 1 aromatic heterocycles. The summed E-state index contributed by atoms with van der Waals surface area (Å²) in [6.45, 7) is 4.41. The van der Waals surface area contributed by atoms with Crippen LogP contribution >= 0.6 is 11.8 Å². The Labute approximate surface area is 100 Å². The van der Waals surface area contributed by atoms with Crippen molar-refractivity contribution in [2.24, 2.45) is 5.73 Å². The molecule has 0 aliphatic heterocycles. The van der Waals surface area contributed by atoms with E-state index in [4.69, 9.17) is 5.73 Å². The van der Waals surface area contributed by atoms with Gasteiger partial charge in [-0.1, -0.05) is 13.8 Å². The SMILES string of the molecule is CC(C)c1ncccc1SC/C(F)=C/CN. The predicted octanol–water partition coefficient (Wildman–Crippen LogP) is 3.11. The van der Waals surface area contributed by atoms with E-state index >= 15 is 0 Å². The highest BCUT2D eigenvalue weighted by atomic mass is 32.2. The monoisotopic (exact) mass is 240 g/mol. The Bertz CT molecular complexity index is 364.